The number of fused-ring (bicyclic) bond motifs is 4. The molecule has 1 nitrogen and oxygen atoms in total. The molecule has 0 aromatic heterocycles. The summed E-state index contributed by atoms with van der Waals surface area (Å²) in [4.78, 5) is 2.49. The van der Waals surface area contributed by atoms with Gasteiger partial charge < -0.3 is 4.90 Å². The van der Waals surface area contributed by atoms with E-state index in [4.69, 9.17) is 0 Å². The molecule has 4 bridgehead atoms. The molecule has 0 saturated heterocycles. The van der Waals surface area contributed by atoms with Crippen molar-refractivity contribution in [3.63, 3.8) is 0 Å². The highest BCUT2D eigenvalue weighted by molar-refractivity contribution is 5.98. The standard InChI is InChI=1S/C59H51N/c1-58(2)55-18-9-8-16-52(55)53-29-28-49(35-56(53)58)60(48-26-21-45(22-27-48)51-17-10-14-43-13-6-7-15-50(43)51)57-30-23-46(34-54(57)44-11-4-3-5-12-44)42-19-24-47(25-20-42)59-36-39-31-40(37-59)33-41(32-39)38-59/h3-30,34-35,39-41H,31-33,36-38H2,1-2H3. The molecule has 0 heterocycles. The predicted octanol–water partition coefficient (Wildman–Crippen LogP) is 16.1. The van der Waals surface area contributed by atoms with E-state index in [9.17, 15) is 0 Å². The minimum absolute atomic E-state index is 0.111. The van der Waals surface area contributed by atoms with Gasteiger partial charge in [-0.2, -0.15) is 0 Å². The van der Waals surface area contributed by atoms with Gasteiger partial charge in [-0.1, -0.05) is 159 Å². The highest BCUT2D eigenvalue weighted by atomic mass is 15.1. The van der Waals surface area contributed by atoms with Crippen molar-refractivity contribution in [2.24, 2.45) is 17.8 Å². The summed E-state index contributed by atoms with van der Waals surface area (Å²) in [5, 5.41) is 2.54. The molecule has 4 saturated carbocycles. The van der Waals surface area contributed by atoms with Crippen LogP contribution in [0.5, 0.6) is 0 Å². The minimum atomic E-state index is -0.111. The van der Waals surface area contributed by atoms with Crippen LogP contribution in [0.3, 0.4) is 0 Å². The second-order valence-corrected chi connectivity index (χ2v) is 19.2. The summed E-state index contributed by atoms with van der Waals surface area (Å²) in [6.45, 7) is 4.76. The maximum absolute atomic E-state index is 2.49. The van der Waals surface area contributed by atoms with Crippen LogP contribution in [-0.2, 0) is 10.8 Å². The Balaban J connectivity index is 0.990. The van der Waals surface area contributed by atoms with Crippen LogP contribution in [0, 0.1) is 17.8 Å². The van der Waals surface area contributed by atoms with Crippen LogP contribution in [0.1, 0.15) is 69.1 Å². The molecule has 60 heavy (non-hydrogen) atoms. The Morgan fingerprint density at radius 3 is 1.77 bits per heavy atom. The van der Waals surface area contributed by atoms with Crippen LogP contribution >= 0.6 is 0 Å². The van der Waals surface area contributed by atoms with Gasteiger partial charge in [-0.3, -0.25) is 0 Å². The van der Waals surface area contributed by atoms with E-state index in [1.807, 2.05) is 0 Å². The molecule has 0 spiro atoms. The number of hydrogen-bond acceptors (Lipinski definition) is 1. The lowest BCUT2D eigenvalue weighted by atomic mass is 9.48. The average molecular weight is 774 g/mol. The lowest BCUT2D eigenvalue weighted by Crippen LogP contribution is -2.48. The van der Waals surface area contributed by atoms with Crippen LogP contribution in [0.25, 0.3) is 55.3 Å². The molecule has 8 aromatic carbocycles. The molecule has 0 aliphatic heterocycles. The lowest BCUT2D eigenvalue weighted by Gasteiger charge is -2.57. The van der Waals surface area contributed by atoms with Crippen LogP contribution in [0.2, 0.25) is 0 Å². The molecule has 0 unspecified atom stereocenters. The van der Waals surface area contributed by atoms with Crippen LogP contribution < -0.4 is 4.90 Å². The van der Waals surface area contributed by atoms with Crippen molar-refractivity contribution in [3.8, 4) is 44.5 Å². The monoisotopic (exact) mass is 773 g/mol. The van der Waals surface area contributed by atoms with Crippen molar-refractivity contribution >= 4 is 27.8 Å². The van der Waals surface area contributed by atoms with Gasteiger partial charge in [0.25, 0.3) is 0 Å². The topological polar surface area (TPSA) is 3.24 Å². The van der Waals surface area contributed by atoms with Crippen molar-refractivity contribution in [3.05, 3.63) is 199 Å². The predicted molar refractivity (Wildman–Crippen MR) is 252 cm³/mol. The van der Waals surface area contributed by atoms with Gasteiger partial charge in [0.05, 0.1) is 5.69 Å². The van der Waals surface area contributed by atoms with Gasteiger partial charge >= 0.3 is 0 Å². The quantitative estimate of drug-likeness (QED) is 0.156. The normalized spacial score (nSPS) is 21.8. The van der Waals surface area contributed by atoms with Gasteiger partial charge in [-0.25, -0.2) is 0 Å². The first-order valence-electron chi connectivity index (χ1n) is 22.3. The number of anilines is 3. The lowest BCUT2D eigenvalue weighted by molar-refractivity contribution is -0.00518. The molecule has 8 aromatic rings. The summed E-state index contributed by atoms with van der Waals surface area (Å²) in [6, 6.07) is 68.7. The third-order valence-corrected chi connectivity index (χ3v) is 15.2. The van der Waals surface area contributed by atoms with Crippen LogP contribution in [0.4, 0.5) is 17.1 Å². The molecule has 13 rings (SSSR count). The van der Waals surface area contributed by atoms with Crippen molar-refractivity contribution in [2.75, 3.05) is 4.90 Å². The summed E-state index contributed by atoms with van der Waals surface area (Å²) >= 11 is 0. The van der Waals surface area contributed by atoms with Gasteiger partial charge in [-0.15, -0.1) is 0 Å². The highest BCUT2D eigenvalue weighted by Crippen LogP contribution is 2.61. The Morgan fingerprint density at radius 1 is 0.417 bits per heavy atom. The summed E-state index contributed by atoms with van der Waals surface area (Å²) < 4.78 is 0. The summed E-state index contributed by atoms with van der Waals surface area (Å²) in [5.74, 6) is 2.84. The molecule has 5 aliphatic rings. The van der Waals surface area contributed by atoms with Crippen molar-refractivity contribution < 1.29 is 0 Å². The Hall–Kier alpha value is -6.18. The van der Waals surface area contributed by atoms with Crippen molar-refractivity contribution in [2.45, 2.75) is 63.2 Å². The first-order valence-corrected chi connectivity index (χ1v) is 22.3. The fraction of sp³-hybridized carbons (Fsp3) is 0.220. The van der Waals surface area contributed by atoms with Gasteiger partial charge in [-0.05, 0) is 164 Å². The minimum Gasteiger partial charge on any atom is -0.310 e. The van der Waals surface area contributed by atoms with E-state index in [0.29, 0.717) is 5.41 Å². The molecule has 0 atom stereocenters. The second-order valence-electron chi connectivity index (χ2n) is 19.2. The number of benzene rings is 8. The maximum atomic E-state index is 2.49. The number of nitrogens with zero attached hydrogens (tertiary/aromatic N) is 1. The second kappa shape index (κ2) is 13.7. The molecular weight excluding hydrogens is 723 g/mol. The third kappa shape index (κ3) is 5.73. The fourth-order valence-corrected chi connectivity index (χ4v) is 12.8. The zero-order valence-corrected chi connectivity index (χ0v) is 34.7. The summed E-state index contributed by atoms with van der Waals surface area (Å²) in [6.07, 6.45) is 8.64. The van der Waals surface area contributed by atoms with Crippen molar-refractivity contribution in [1.29, 1.82) is 0 Å². The Kier molecular flexibility index (Phi) is 8.15. The molecular formula is C59H51N. The molecule has 0 amide bonds. The fourth-order valence-electron chi connectivity index (χ4n) is 12.8. The average Bonchev–Trinajstić information content (AvgIpc) is 3.52. The van der Waals surface area contributed by atoms with E-state index in [-0.39, 0.29) is 5.41 Å². The van der Waals surface area contributed by atoms with E-state index >= 15 is 0 Å². The molecule has 0 radical (unpaired) electrons. The SMILES string of the molecule is CC1(C)c2ccccc2-c2ccc(N(c3ccc(-c4cccc5ccccc45)cc3)c3ccc(-c4ccc(C56CC7CC(CC(C7)C5)C6)cc4)cc3-c3ccccc3)cc21. The Labute approximate surface area is 355 Å². The number of rotatable bonds is 7. The van der Waals surface area contributed by atoms with E-state index in [2.05, 4.69) is 201 Å². The first-order chi connectivity index (χ1) is 29.4. The molecule has 0 N–H and O–H groups in total. The molecule has 1 heteroatoms. The van der Waals surface area contributed by atoms with E-state index in [0.717, 1.165) is 29.1 Å². The molecule has 292 valence electrons. The van der Waals surface area contributed by atoms with Crippen LogP contribution in [-0.4, -0.2) is 0 Å². The van der Waals surface area contributed by atoms with E-state index in [1.54, 1.807) is 5.56 Å². The summed E-state index contributed by atoms with van der Waals surface area (Å²) in [5.41, 5.74) is 18.3. The third-order valence-electron chi connectivity index (χ3n) is 15.2. The Morgan fingerprint density at radius 2 is 1.00 bits per heavy atom. The first kappa shape index (κ1) is 35.7. The molecule has 4 fully saturated rings. The van der Waals surface area contributed by atoms with Crippen LogP contribution in [0.15, 0.2) is 182 Å². The van der Waals surface area contributed by atoms with Crippen molar-refractivity contribution in [1.82, 2.24) is 0 Å². The smallest absolute Gasteiger partial charge is 0.0540 e. The van der Waals surface area contributed by atoms with Gasteiger partial charge in [0.15, 0.2) is 0 Å². The zero-order chi connectivity index (χ0) is 40.0. The van der Waals surface area contributed by atoms with E-state index < -0.39 is 0 Å². The largest absolute Gasteiger partial charge is 0.310 e. The van der Waals surface area contributed by atoms with E-state index in [1.165, 1.54) is 111 Å². The Bertz CT molecular complexity index is 2880. The highest BCUT2D eigenvalue weighted by Gasteiger charge is 2.51. The van der Waals surface area contributed by atoms with Gasteiger partial charge in [0, 0.05) is 22.4 Å². The van der Waals surface area contributed by atoms with Gasteiger partial charge in [0.2, 0.25) is 0 Å². The zero-order valence-electron chi connectivity index (χ0n) is 34.7. The van der Waals surface area contributed by atoms with Gasteiger partial charge in [0.1, 0.15) is 0 Å². The maximum Gasteiger partial charge on any atom is 0.0540 e. The summed E-state index contributed by atoms with van der Waals surface area (Å²) in [7, 11) is 0. The molecule has 5 aliphatic carbocycles. The number of hydrogen-bond donors (Lipinski definition) is 0.